The van der Waals surface area contributed by atoms with Crippen molar-refractivity contribution in [2.75, 3.05) is 32.6 Å². The molecule has 0 aliphatic rings. The molecule has 0 spiro atoms. The van der Waals surface area contributed by atoms with E-state index in [1.165, 1.54) is 24.3 Å². The van der Waals surface area contributed by atoms with Crippen molar-refractivity contribution in [3.8, 4) is 6.07 Å². The van der Waals surface area contributed by atoms with Gasteiger partial charge in [-0.3, -0.25) is 0 Å². The van der Waals surface area contributed by atoms with Crippen LogP contribution in [0.25, 0.3) is 0 Å². The lowest BCUT2D eigenvalue weighted by Crippen LogP contribution is -2.26. The summed E-state index contributed by atoms with van der Waals surface area (Å²) in [5.74, 6) is 0.0304. The lowest BCUT2D eigenvalue weighted by Gasteiger charge is -2.06. The Bertz CT molecular complexity index is 503. The molecule has 0 radical (unpaired) electrons. The number of benzene rings is 1. The standard InChI is InChI=1S/C12H16N2O3S/c1-17-8-6-14-7-9-18(15,16)12-4-2-11(10-13)3-5-12/h2-5,14H,6-9H2,1H3. The van der Waals surface area contributed by atoms with Gasteiger partial charge in [-0.25, -0.2) is 8.42 Å². The molecule has 0 bridgehead atoms. The molecule has 0 atom stereocenters. The second kappa shape index (κ2) is 7.11. The van der Waals surface area contributed by atoms with Crippen LogP contribution in [0.1, 0.15) is 5.56 Å². The van der Waals surface area contributed by atoms with E-state index in [1.54, 1.807) is 7.11 Å². The Morgan fingerprint density at radius 1 is 1.28 bits per heavy atom. The van der Waals surface area contributed by atoms with Crippen LogP contribution in [-0.4, -0.2) is 41.0 Å². The Labute approximate surface area is 107 Å². The summed E-state index contributed by atoms with van der Waals surface area (Å²) in [6.45, 7) is 1.56. The molecule has 1 aromatic rings. The number of nitrogens with one attached hydrogen (secondary N) is 1. The molecule has 0 fully saturated rings. The zero-order chi connectivity index (χ0) is 13.4. The maximum Gasteiger partial charge on any atom is 0.179 e. The average molecular weight is 268 g/mol. The van der Waals surface area contributed by atoms with Crippen LogP contribution in [0.4, 0.5) is 0 Å². The van der Waals surface area contributed by atoms with E-state index in [0.717, 1.165) is 0 Å². The Hall–Kier alpha value is -1.42. The van der Waals surface area contributed by atoms with Crippen molar-refractivity contribution in [2.24, 2.45) is 0 Å². The van der Waals surface area contributed by atoms with E-state index in [-0.39, 0.29) is 10.6 Å². The number of rotatable bonds is 7. The molecule has 0 saturated carbocycles. The van der Waals surface area contributed by atoms with Gasteiger partial charge < -0.3 is 10.1 Å². The molecule has 5 nitrogen and oxygen atoms in total. The van der Waals surface area contributed by atoms with Crippen LogP contribution in [0.15, 0.2) is 29.2 Å². The predicted octanol–water partition coefficient (Wildman–Crippen LogP) is 0.568. The van der Waals surface area contributed by atoms with Crippen LogP contribution >= 0.6 is 0 Å². The molecule has 1 N–H and O–H groups in total. The van der Waals surface area contributed by atoms with Gasteiger partial charge >= 0.3 is 0 Å². The lowest BCUT2D eigenvalue weighted by molar-refractivity contribution is 0.200. The summed E-state index contributed by atoms with van der Waals surface area (Å²) in [5.41, 5.74) is 0.451. The zero-order valence-electron chi connectivity index (χ0n) is 10.2. The van der Waals surface area contributed by atoms with Gasteiger partial charge in [0, 0.05) is 20.2 Å². The third-order valence-electron chi connectivity index (χ3n) is 2.37. The Morgan fingerprint density at radius 2 is 1.94 bits per heavy atom. The molecular formula is C12H16N2O3S. The summed E-state index contributed by atoms with van der Waals surface area (Å²) >= 11 is 0. The number of hydrogen-bond acceptors (Lipinski definition) is 5. The molecule has 0 aromatic heterocycles. The first-order valence-electron chi connectivity index (χ1n) is 5.53. The summed E-state index contributed by atoms with van der Waals surface area (Å²) in [7, 11) is -1.69. The third-order valence-corrected chi connectivity index (χ3v) is 4.11. The Morgan fingerprint density at radius 3 is 2.50 bits per heavy atom. The Balaban J connectivity index is 2.55. The highest BCUT2D eigenvalue weighted by Gasteiger charge is 2.13. The molecule has 0 aliphatic heterocycles. The molecule has 0 aliphatic carbocycles. The quantitative estimate of drug-likeness (QED) is 0.731. The highest BCUT2D eigenvalue weighted by molar-refractivity contribution is 7.91. The van der Waals surface area contributed by atoms with Gasteiger partial charge in [0.15, 0.2) is 9.84 Å². The first-order chi connectivity index (χ1) is 8.60. The normalized spacial score (nSPS) is 11.1. The van der Waals surface area contributed by atoms with E-state index < -0.39 is 9.84 Å². The molecule has 6 heteroatoms. The summed E-state index contributed by atoms with van der Waals surface area (Å²) in [6, 6.07) is 7.88. The SMILES string of the molecule is COCCNCCS(=O)(=O)c1ccc(C#N)cc1. The van der Waals surface area contributed by atoms with Gasteiger partial charge in [0.1, 0.15) is 0 Å². The summed E-state index contributed by atoms with van der Waals surface area (Å²) in [4.78, 5) is 0.245. The molecular weight excluding hydrogens is 252 g/mol. The molecule has 98 valence electrons. The highest BCUT2D eigenvalue weighted by Crippen LogP contribution is 2.11. The van der Waals surface area contributed by atoms with E-state index in [9.17, 15) is 8.42 Å². The van der Waals surface area contributed by atoms with E-state index in [4.69, 9.17) is 10.00 Å². The summed E-state index contributed by atoms with van der Waals surface area (Å²) < 4.78 is 28.7. The minimum Gasteiger partial charge on any atom is -0.383 e. The molecule has 18 heavy (non-hydrogen) atoms. The molecule has 1 rings (SSSR count). The zero-order valence-corrected chi connectivity index (χ0v) is 11.0. The molecule has 0 amide bonds. The fourth-order valence-corrected chi connectivity index (χ4v) is 2.56. The topological polar surface area (TPSA) is 79.2 Å². The Kier molecular flexibility index (Phi) is 5.78. The van der Waals surface area contributed by atoms with Crippen molar-refractivity contribution < 1.29 is 13.2 Å². The van der Waals surface area contributed by atoms with E-state index in [0.29, 0.717) is 25.3 Å². The van der Waals surface area contributed by atoms with Crippen LogP contribution < -0.4 is 5.32 Å². The third kappa shape index (κ3) is 4.45. The second-order valence-corrected chi connectivity index (χ2v) is 5.81. The smallest absolute Gasteiger partial charge is 0.179 e. The number of methoxy groups -OCH3 is 1. The molecule has 0 unspecified atom stereocenters. The number of nitriles is 1. The largest absolute Gasteiger partial charge is 0.383 e. The molecule has 0 heterocycles. The minimum absolute atomic E-state index is 0.0304. The van der Waals surface area contributed by atoms with Gasteiger partial charge in [0.05, 0.1) is 28.9 Å². The van der Waals surface area contributed by atoms with Crippen LogP contribution in [0.5, 0.6) is 0 Å². The van der Waals surface area contributed by atoms with Crippen molar-refractivity contribution in [3.05, 3.63) is 29.8 Å². The first kappa shape index (κ1) is 14.6. The number of sulfone groups is 1. The van der Waals surface area contributed by atoms with Gasteiger partial charge in [-0.2, -0.15) is 5.26 Å². The summed E-state index contributed by atoms with van der Waals surface area (Å²) in [6.07, 6.45) is 0. The van der Waals surface area contributed by atoms with E-state index in [2.05, 4.69) is 5.32 Å². The van der Waals surface area contributed by atoms with Gasteiger partial charge in [-0.05, 0) is 24.3 Å². The maximum atomic E-state index is 11.9. The van der Waals surface area contributed by atoms with Crippen molar-refractivity contribution in [3.63, 3.8) is 0 Å². The van der Waals surface area contributed by atoms with Crippen molar-refractivity contribution in [1.82, 2.24) is 5.32 Å². The lowest BCUT2D eigenvalue weighted by atomic mass is 10.2. The summed E-state index contributed by atoms with van der Waals surface area (Å²) in [5, 5.41) is 11.6. The van der Waals surface area contributed by atoms with Crippen molar-refractivity contribution in [2.45, 2.75) is 4.90 Å². The predicted molar refractivity (Wildman–Crippen MR) is 68.0 cm³/mol. The average Bonchev–Trinajstić information content (AvgIpc) is 2.38. The monoisotopic (exact) mass is 268 g/mol. The van der Waals surface area contributed by atoms with Crippen molar-refractivity contribution >= 4 is 9.84 Å². The van der Waals surface area contributed by atoms with Crippen LogP contribution in [0.2, 0.25) is 0 Å². The van der Waals surface area contributed by atoms with Crippen LogP contribution in [0.3, 0.4) is 0 Å². The second-order valence-electron chi connectivity index (χ2n) is 3.70. The van der Waals surface area contributed by atoms with Gasteiger partial charge in [0.2, 0.25) is 0 Å². The van der Waals surface area contributed by atoms with Gasteiger partial charge in [0.25, 0.3) is 0 Å². The van der Waals surface area contributed by atoms with Crippen LogP contribution in [0, 0.1) is 11.3 Å². The fraction of sp³-hybridized carbons (Fsp3) is 0.417. The maximum absolute atomic E-state index is 11.9. The van der Waals surface area contributed by atoms with Crippen molar-refractivity contribution in [1.29, 1.82) is 5.26 Å². The van der Waals surface area contributed by atoms with Crippen LogP contribution in [-0.2, 0) is 14.6 Å². The van der Waals surface area contributed by atoms with E-state index in [1.807, 2.05) is 6.07 Å². The fourth-order valence-electron chi connectivity index (χ4n) is 1.36. The number of hydrogen-bond donors (Lipinski definition) is 1. The molecule has 0 saturated heterocycles. The highest BCUT2D eigenvalue weighted by atomic mass is 32.2. The van der Waals surface area contributed by atoms with Gasteiger partial charge in [-0.1, -0.05) is 0 Å². The number of nitrogens with zero attached hydrogens (tertiary/aromatic N) is 1. The minimum atomic E-state index is -3.29. The number of ether oxygens (including phenoxy) is 1. The first-order valence-corrected chi connectivity index (χ1v) is 7.18. The molecule has 1 aromatic carbocycles. The van der Waals surface area contributed by atoms with Gasteiger partial charge in [-0.15, -0.1) is 0 Å². The van der Waals surface area contributed by atoms with E-state index >= 15 is 0 Å².